The van der Waals surface area contributed by atoms with Crippen LogP contribution in [0.5, 0.6) is 0 Å². The Morgan fingerprint density at radius 3 is 2.63 bits per heavy atom. The van der Waals surface area contributed by atoms with Gasteiger partial charge >= 0.3 is 0 Å². The minimum absolute atomic E-state index is 0.0271. The number of aromatic nitrogens is 2. The molecule has 19 heavy (non-hydrogen) atoms. The summed E-state index contributed by atoms with van der Waals surface area (Å²) in [6.07, 6.45) is 2.84. The Kier molecular flexibility index (Phi) is 3.24. The van der Waals surface area contributed by atoms with Gasteiger partial charge in [-0.2, -0.15) is 0 Å². The van der Waals surface area contributed by atoms with E-state index in [4.69, 9.17) is 12.2 Å². The number of aromatic amines is 1. The Labute approximate surface area is 115 Å². The zero-order chi connectivity index (χ0) is 13.4. The molecule has 5 heteroatoms. The van der Waals surface area contributed by atoms with Crippen LogP contribution in [0.3, 0.4) is 0 Å². The molecule has 100 valence electrons. The van der Waals surface area contributed by atoms with Gasteiger partial charge in [0.1, 0.15) is 0 Å². The summed E-state index contributed by atoms with van der Waals surface area (Å²) in [7, 11) is 0. The van der Waals surface area contributed by atoms with Crippen LogP contribution in [0.25, 0.3) is 10.9 Å². The third-order valence-corrected chi connectivity index (χ3v) is 4.17. The van der Waals surface area contributed by atoms with Crippen LogP contribution in [0.2, 0.25) is 0 Å². The molecule has 0 radical (unpaired) electrons. The first-order chi connectivity index (χ1) is 9.16. The van der Waals surface area contributed by atoms with E-state index in [9.17, 15) is 9.90 Å². The lowest BCUT2D eigenvalue weighted by molar-refractivity contribution is 0.109. The van der Waals surface area contributed by atoms with E-state index < -0.39 is 0 Å². The molecule has 1 aromatic heterocycles. The number of fused-ring (bicyclic) bond motifs is 1. The van der Waals surface area contributed by atoms with E-state index in [2.05, 4.69) is 4.98 Å². The van der Waals surface area contributed by atoms with Crippen LogP contribution in [0.1, 0.15) is 31.7 Å². The highest BCUT2D eigenvalue weighted by atomic mass is 32.1. The molecule has 0 amide bonds. The minimum atomic E-state index is -0.232. The van der Waals surface area contributed by atoms with Crippen LogP contribution in [0, 0.1) is 4.77 Å². The maximum atomic E-state index is 12.5. The number of aliphatic hydroxyl groups is 1. The minimum Gasteiger partial charge on any atom is -0.393 e. The van der Waals surface area contributed by atoms with E-state index >= 15 is 0 Å². The highest BCUT2D eigenvalue weighted by Gasteiger charge is 2.22. The first kappa shape index (κ1) is 12.6. The van der Waals surface area contributed by atoms with Crippen molar-refractivity contribution >= 4 is 23.1 Å². The third-order valence-electron chi connectivity index (χ3n) is 3.87. The summed E-state index contributed by atoms with van der Waals surface area (Å²) in [5.74, 6) is 0. The van der Waals surface area contributed by atoms with Crippen molar-refractivity contribution in [2.75, 3.05) is 0 Å². The number of rotatable bonds is 1. The fourth-order valence-corrected chi connectivity index (χ4v) is 3.17. The van der Waals surface area contributed by atoms with Gasteiger partial charge in [0.25, 0.3) is 5.56 Å². The van der Waals surface area contributed by atoms with Gasteiger partial charge in [-0.15, -0.1) is 0 Å². The summed E-state index contributed by atoms with van der Waals surface area (Å²) >= 11 is 5.32. The van der Waals surface area contributed by atoms with Gasteiger partial charge in [0.2, 0.25) is 0 Å². The van der Waals surface area contributed by atoms with Crippen molar-refractivity contribution in [1.82, 2.24) is 9.55 Å². The van der Waals surface area contributed by atoms with Crippen molar-refractivity contribution in [2.24, 2.45) is 0 Å². The molecule has 1 saturated carbocycles. The van der Waals surface area contributed by atoms with E-state index in [1.807, 2.05) is 24.3 Å². The Bertz CT molecular complexity index is 711. The Morgan fingerprint density at radius 2 is 1.89 bits per heavy atom. The smallest absolute Gasteiger partial charge is 0.262 e. The summed E-state index contributed by atoms with van der Waals surface area (Å²) in [6, 6.07) is 7.52. The van der Waals surface area contributed by atoms with Crippen LogP contribution in [0.4, 0.5) is 0 Å². The topological polar surface area (TPSA) is 58.0 Å². The highest BCUT2D eigenvalue weighted by Crippen LogP contribution is 2.27. The molecule has 2 N–H and O–H groups in total. The van der Waals surface area contributed by atoms with Crippen molar-refractivity contribution in [3.8, 4) is 0 Å². The van der Waals surface area contributed by atoms with Gasteiger partial charge in [-0.05, 0) is 50.0 Å². The summed E-state index contributed by atoms with van der Waals surface area (Å²) in [4.78, 5) is 15.7. The third kappa shape index (κ3) is 2.24. The molecule has 3 rings (SSSR count). The molecule has 2 aromatic rings. The Balaban J connectivity index is 2.14. The predicted molar refractivity (Wildman–Crippen MR) is 76.9 cm³/mol. The fraction of sp³-hybridized carbons (Fsp3) is 0.429. The summed E-state index contributed by atoms with van der Waals surface area (Å²) < 4.78 is 2.16. The average Bonchev–Trinajstić information content (AvgIpc) is 2.41. The van der Waals surface area contributed by atoms with E-state index in [1.165, 1.54) is 0 Å². The second-order valence-electron chi connectivity index (χ2n) is 5.11. The van der Waals surface area contributed by atoms with Crippen molar-refractivity contribution in [2.45, 2.75) is 37.8 Å². The Hall–Kier alpha value is -1.46. The zero-order valence-corrected chi connectivity index (χ0v) is 11.3. The second kappa shape index (κ2) is 4.90. The molecular weight excluding hydrogens is 260 g/mol. The van der Waals surface area contributed by atoms with E-state index in [0.29, 0.717) is 10.2 Å². The molecule has 0 aliphatic heterocycles. The predicted octanol–water partition coefficient (Wildman–Crippen LogP) is 2.54. The standard InChI is InChI=1S/C14H16N2O2S/c17-10-7-5-9(6-8-10)16-13(18)11-3-1-2-4-12(11)15-14(16)19/h1-4,9-10,17H,5-8H2,(H,15,19). The monoisotopic (exact) mass is 276 g/mol. The van der Waals surface area contributed by atoms with Gasteiger partial charge in [-0.25, -0.2) is 0 Å². The molecule has 1 heterocycles. The number of hydrogen-bond donors (Lipinski definition) is 2. The molecule has 1 aliphatic rings. The van der Waals surface area contributed by atoms with Gasteiger partial charge in [0.15, 0.2) is 4.77 Å². The molecule has 4 nitrogen and oxygen atoms in total. The molecule has 0 spiro atoms. The molecular formula is C14H16N2O2S. The summed E-state index contributed by atoms with van der Waals surface area (Å²) in [5.41, 5.74) is 0.755. The average molecular weight is 276 g/mol. The molecule has 0 saturated heterocycles. The zero-order valence-electron chi connectivity index (χ0n) is 10.5. The Morgan fingerprint density at radius 1 is 1.21 bits per heavy atom. The fourth-order valence-electron chi connectivity index (χ4n) is 2.82. The summed E-state index contributed by atoms with van der Waals surface area (Å²) in [6.45, 7) is 0. The lowest BCUT2D eigenvalue weighted by Gasteiger charge is -2.27. The largest absolute Gasteiger partial charge is 0.393 e. The number of aliphatic hydroxyl groups excluding tert-OH is 1. The van der Waals surface area contributed by atoms with Crippen molar-refractivity contribution < 1.29 is 5.11 Å². The van der Waals surface area contributed by atoms with Gasteiger partial charge in [0, 0.05) is 6.04 Å². The van der Waals surface area contributed by atoms with Gasteiger partial charge < -0.3 is 10.1 Å². The van der Waals surface area contributed by atoms with Gasteiger partial charge in [-0.1, -0.05) is 12.1 Å². The van der Waals surface area contributed by atoms with Gasteiger partial charge in [0.05, 0.1) is 17.0 Å². The van der Waals surface area contributed by atoms with Crippen LogP contribution in [0.15, 0.2) is 29.1 Å². The van der Waals surface area contributed by atoms with Gasteiger partial charge in [-0.3, -0.25) is 9.36 Å². The maximum Gasteiger partial charge on any atom is 0.262 e. The number of para-hydroxylation sites is 1. The van der Waals surface area contributed by atoms with Crippen LogP contribution >= 0.6 is 12.2 Å². The number of nitrogens with zero attached hydrogens (tertiary/aromatic N) is 1. The van der Waals surface area contributed by atoms with Crippen molar-refractivity contribution in [1.29, 1.82) is 0 Å². The molecule has 0 unspecified atom stereocenters. The summed E-state index contributed by atoms with van der Waals surface area (Å²) in [5, 5.41) is 10.2. The van der Waals surface area contributed by atoms with Crippen LogP contribution in [-0.4, -0.2) is 20.8 Å². The van der Waals surface area contributed by atoms with Crippen molar-refractivity contribution in [3.05, 3.63) is 39.4 Å². The lowest BCUT2D eigenvalue weighted by atomic mass is 9.93. The lowest BCUT2D eigenvalue weighted by Crippen LogP contribution is -2.30. The van der Waals surface area contributed by atoms with E-state index in [-0.39, 0.29) is 17.7 Å². The number of nitrogens with one attached hydrogen (secondary N) is 1. The molecule has 1 aliphatic carbocycles. The van der Waals surface area contributed by atoms with Crippen molar-refractivity contribution in [3.63, 3.8) is 0 Å². The second-order valence-corrected chi connectivity index (χ2v) is 5.50. The normalized spacial score (nSPS) is 23.6. The maximum absolute atomic E-state index is 12.5. The molecule has 1 aromatic carbocycles. The van der Waals surface area contributed by atoms with Crippen LogP contribution < -0.4 is 5.56 Å². The van der Waals surface area contributed by atoms with Crippen LogP contribution in [-0.2, 0) is 0 Å². The molecule has 0 atom stereocenters. The first-order valence-electron chi connectivity index (χ1n) is 6.58. The first-order valence-corrected chi connectivity index (χ1v) is 6.99. The van der Waals surface area contributed by atoms with E-state index in [0.717, 1.165) is 31.2 Å². The van der Waals surface area contributed by atoms with E-state index in [1.54, 1.807) is 4.57 Å². The quantitative estimate of drug-likeness (QED) is 0.787. The number of H-pyrrole nitrogens is 1. The highest BCUT2D eigenvalue weighted by molar-refractivity contribution is 7.71. The number of hydrogen-bond acceptors (Lipinski definition) is 3. The SMILES string of the molecule is O=c1c2ccccc2[nH]c(=S)n1C1CCC(O)CC1. The number of benzene rings is 1. The molecule has 0 bridgehead atoms. The molecule has 1 fully saturated rings.